The number of halogens is 2. The Balaban J connectivity index is 3.05. The second-order valence-corrected chi connectivity index (χ2v) is 5.77. The van der Waals surface area contributed by atoms with Crippen molar-refractivity contribution in [3.05, 3.63) is 28.2 Å². The minimum atomic E-state index is -3.96. The standard InChI is InChI=1S/C9H9Cl2NO4S/c1-5(9(13)14)12-17(15,16)6-2-3-7(10)8(11)4-6/h2-5,12H,1H3,(H,13,14)/p-1/t5-/m1/s1. The monoisotopic (exact) mass is 296 g/mol. The first-order valence-electron chi connectivity index (χ1n) is 4.42. The molecule has 0 aliphatic heterocycles. The van der Waals surface area contributed by atoms with Gasteiger partial charge in [-0.25, -0.2) is 13.1 Å². The Hall–Kier alpha value is -0.820. The van der Waals surface area contributed by atoms with Crippen LogP contribution in [0.1, 0.15) is 6.92 Å². The van der Waals surface area contributed by atoms with Crippen molar-refractivity contribution in [1.82, 2.24) is 4.72 Å². The molecule has 5 nitrogen and oxygen atoms in total. The van der Waals surface area contributed by atoms with Crippen molar-refractivity contribution < 1.29 is 18.3 Å². The van der Waals surface area contributed by atoms with Crippen LogP contribution in [0, 0.1) is 0 Å². The normalized spacial score (nSPS) is 13.4. The Morgan fingerprint density at radius 3 is 2.41 bits per heavy atom. The highest BCUT2D eigenvalue weighted by molar-refractivity contribution is 7.89. The number of rotatable bonds is 4. The lowest BCUT2D eigenvalue weighted by molar-refractivity contribution is -0.307. The third kappa shape index (κ3) is 3.57. The summed E-state index contributed by atoms with van der Waals surface area (Å²) in [6.45, 7) is 1.16. The lowest BCUT2D eigenvalue weighted by Gasteiger charge is -2.15. The Labute approximate surface area is 108 Å². The largest absolute Gasteiger partial charge is 0.548 e. The van der Waals surface area contributed by atoms with E-state index in [1.165, 1.54) is 12.1 Å². The number of hydrogen-bond acceptors (Lipinski definition) is 4. The molecule has 1 aromatic carbocycles. The minimum Gasteiger partial charge on any atom is -0.548 e. The van der Waals surface area contributed by atoms with Crippen LogP contribution >= 0.6 is 23.2 Å². The fourth-order valence-electron chi connectivity index (χ4n) is 0.993. The molecule has 1 N–H and O–H groups in total. The zero-order chi connectivity index (χ0) is 13.2. The van der Waals surface area contributed by atoms with Crippen molar-refractivity contribution in [3.63, 3.8) is 0 Å². The molecule has 1 aromatic rings. The summed E-state index contributed by atoms with van der Waals surface area (Å²) in [4.78, 5) is 10.3. The van der Waals surface area contributed by atoms with Crippen molar-refractivity contribution in [2.75, 3.05) is 0 Å². The quantitative estimate of drug-likeness (QED) is 0.872. The maximum absolute atomic E-state index is 11.7. The van der Waals surface area contributed by atoms with Crippen molar-refractivity contribution >= 4 is 39.2 Å². The summed E-state index contributed by atoms with van der Waals surface area (Å²) in [6.07, 6.45) is 0. The minimum absolute atomic E-state index is 0.0654. The van der Waals surface area contributed by atoms with E-state index in [4.69, 9.17) is 23.2 Å². The molecule has 0 radical (unpaired) electrons. The molecule has 0 aliphatic carbocycles. The van der Waals surface area contributed by atoms with Crippen LogP contribution in [0.5, 0.6) is 0 Å². The smallest absolute Gasteiger partial charge is 0.241 e. The summed E-state index contributed by atoms with van der Waals surface area (Å²) in [5.74, 6) is -1.52. The predicted octanol–water partition coefficient (Wildman–Crippen LogP) is 0.410. The van der Waals surface area contributed by atoms with Gasteiger partial charge in [-0.15, -0.1) is 0 Å². The SMILES string of the molecule is C[C@@H](NS(=O)(=O)c1ccc(Cl)c(Cl)c1)C(=O)[O-]. The maximum Gasteiger partial charge on any atom is 0.241 e. The molecule has 1 atom stereocenters. The number of benzene rings is 1. The summed E-state index contributed by atoms with van der Waals surface area (Å²) in [5, 5.41) is 10.7. The first-order chi connectivity index (χ1) is 7.74. The molecule has 0 heterocycles. The van der Waals surface area contributed by atoms with Crippen LogP contribution in [0.3, 0.4) is 0 Å². The van der Waals surface area contributed by atoms with Gasteiger partial charge in [0, 0.05) is 0 Å². The Morgan fingerprint density at radius 1 is 1.35 bits per heavy atom. The molecule has 0 saturated heterocycles. The van der Waals surface area contributed by atoms with E-state index in [1.54, 1.807) is 0 Å². The van der Waals surface area contributed by atoms with Gasteiger partial charge in [-0.05, 0) is 25.1 Å². The lowest BCUT2D eigenvalue weighted by atomic mass is 10.4. The fourth-order valence-corrected chi connectivity index (χ4v) is 2.57. The highest BCUT2D eigenvalue weighted by atomic mass is 35.5. The molecule has 0 aromatic heterocycles. The van der Waals surface area contributed by atoms with E-state index in [0.717, 1.165) is 13.0 Å². The van der Waals surface area contributed by atoms with Gasteiger partial charge in [0.1, 0.15) is 0 Å². The van der Waals surface area contributed by atoms with Gasteiger partial charge in [0.25, 0.3) is 0 Å². The van der Waals surface area contributed by atoms with E-state index < -0.39 is 22.0 Å². The molecule has 8 heteroatoms. The summed E-state index contributed by atoms with van der Waals surface area (Å²) < 4.78 is 25.3. The van der Waals surface area contributed by atoms with E-state index in [2.05, 4.69) is 0 Å². The Bertz CT molecular complexity index is 544. The molecule has 94 valence electrons. The second-order valence-electron chi connectivity index (χ2n) is 3.24. The van der Waals surface area contributed by atoms with E-state index in [0.29, 0.717) is 0 Å². The van der Waals surface area contributed by atoms with Gasteiger partial charge in [-0.3, -0.25) is 0 Å². The molecule has 0 bridgehead atoms. The molecule has 0 unspecified atom stereocenters. The van der Waals surface area contributed by atoms with Gasteiger partial charge in [0.05, 0.1) is 27.0 Å². The number of aliphatic carboxylic acids is 1. The molecule has 0 aliphatic rings. The van der Waals surface area contributed by atoms with Crippen LogP contribution < -0.4 is 9.83 Å². The number of sulfonamides is 1. The Kier molecular flexibility index (Phi) is 4.37. The van der Waals surface area contributed by atoms with E-state index in [-0.39, 0.29) is 14.9 Å². The maximum atomic E-state index is 11.7. The van der Waals surface area contributed by atoms with Crippen LogP contribution in [0.25, 0.3) is 0 Å². The number of nitrogens with one attached hydrogen (secondary N) is 1. The third-order valence-corrected chi connectivity index (χ3v) is 4.16. The fraction of sp³-hybridized carbons (Fsp3) is 0.222. The molecular weight excluding hydrogens is 289 g/mol. The summed E-state index contributed by atoms with van der Waals surface area (Å²) >= 11 is 11.3. The molecule has 1 rings (SSSR count). The van der Waals surface area contributed by atoms with Crippen molar-refractivity contribution in [3.8, 4) is 0 Å². The van der Waals surface area contributed by atoms with E-state index in [9.17, 15) is 18.3 Å². The predicted molar refractivity (Wildman–Crippen MR) is 61.3 cm³/mol. The third-order valence-electron chi connectivity index (χ3n) is 1.89. The van der Waals surface area contributed by atoms with Crippen LogP contribution in [-0.4, -0.2) is 20.4 Å². The first kappa shape index (κ1) is 14.2. The Morgan fingerprint density at radius 2 is 1.94 bits per heavy atom. The van der Waals surface area contributed by atoms with Crippen LogP contribution in [0.4, 0.5) is 0 Å². The lowest BCUT2D eigenvalue weighted by Crippen LogP contribution is -2.45. The van der Waals surface area contributed by atoms with Gasteiger partial charge < -0.3 is 9.90 Å². The zero-order valence-electron chi connectivity index (χ0n) is 8.61. The summed E-state index contributed by atoms with van der Waals surface area (Å²) in [5.41, 5.74) is 0. The van der Waals surface area contributed by atoms with Gasteiger partial charge in [-0.1, -0.05) is 23.2 Å². The molecule has 0 saturated carbocycles. The molecule has 0 amide bonds. The average molecular weight is 297 g/mol. The van der Waals surface area contributed by atoms with Crippen LogP contribution in [0.2, 0.25) is 10.0 Å². The van der Waals surface area contributed by atoms with Gasteiger partial charge >= 0.3 is 0 Å². The molecular formula is C9H8Cl2NO4S-. The number of carbonyl (C=O) groups is 1. The van der Waals surface area contributed by atoms with Crippen molar-refractivity contribution in [2.24, 2.45) is 0 Å². The molecule has 0 spiro atoms. The number of hydrogen-bond donors (Lipinski definition) is 1. The van der Waals surface area contributed by atoms with Crippen molar-refractivity contribution in [1.29, 1.82) is 0 Å². The molecule has 17 heavy (non-hydrogen) atoms. The summed E-state index contributed by atoms with van der Waals surface area (Å²) in [6, 6.07) is 2.32. The number of carbonyl (C=O) groups excluding carboxylic acids is 1. The number of carboxylic acids is 1. The van der Waals surface area contributed by atoms with Crippen LogP contribution in [-0.2, 0) is 14.8 Å². The van der Waals surface area contributed by atoms with Gasteiger partial charge in [0.2, 0.25) is 10.0 Å². The van der Waals surface area contributed by atoms with Gasteiger partial charge in [-0.2, -0.15) is 0 Å². The van der Waals surface area contributed by atoms with Crippen molar-refractivity contribution in [2.45, 2.75) is 17.9 Å². The van der Waals surface area contributed by atoms with E-state index >= 15 is 0 Å². The second kappa shape index (κ2) is 5.22. The highest BCUT2D eigenvalue weighted by Crippen LogP contribution is 2.24. The summed E-state index contributed by atoms with van der Waals surface area (Å²) in [7, 11) is -3.96. The zero-order valence-corrected chi connectivity index (χ0v) is 10.9. The average Bonchev–Trinajstić information content (AvgIpc) is 2.21. The van der Waals surface area contributed by atoms with Crippen LogP contribution in [0.15, 0.2) is 23.1 Å². The molecule has 0 fully saturated rings. The van der Waals surface area contributed by atoms with E-state index in [1.807, 2.05) is 4.72 Å². The topological polar surface area (TPSA) is 86.3 Å². The number of carboxylic acid groups (broad SMARTS) is 1. The van der Waals surface area contributed by atoms with Gasteiger partial charge in [0.15, 0.2) is 0 Å². The first-order valence-corrected chi connectivity index (χ1v) is 6.66. The highest BCUT2D eigenvalue weighted by Gasteiger charge is 2.18.